The third kappa shape index (κ3) is 2.56. The molecule has 2 rings (SSSR count). The zero-order chi connectivity index (χ0) is 13.3. The monoisotopic (exact) mass is 311 g/mol. The van der Waals surface area contributed by atoms with Crippen molar-refractivity contribution in [1.29, 1.82) is 0 Å². The molecule has 1 aromatic heterocycles. The Labute approximate surface area is 114 Å². The summed E-state index contributed by atoms with van der Waals surface area (Å²) in [4.78, 5) is 0. The van der Waals surface area contributed by atoms with Crippen LogP contribution in [0.5, 0.6) is 0 Å². The first-order chi connectivity index (χ1) is 8.49. The van der Waals surface area contributed by atoms with Crippen molar-refractivity contribution in [3.05, 3.63) is 34.1 Å². The van der Waals surface area contributed by atoms with Gasteiger partial charge < -0.3 is 5.73 Å². The molecule has 1 heterocycles. The Morgan fingerprint density at radius 1 is 1.44 bits per heavy atom. The Balaban J connectivity index is 2.50. The molecule has 0 amide bonds. The summed E-state index contributed by atoms with van der Waals surface area (Å²) >= 11 is 3.24. The van der Waals surface area contributed by atoms with E-state index in [2.05, 4.69) is 40.0 Å². The van der Waals surface area contributed by atoms with Gasteiger partial charge in [-0.15, -0.1) is 0 Å². The van der Waals surface area contributed by atoms with Gasteiger partial charge in [0, 0.05) is 15.6 Å². The molecular weight excluding hydrogens is 297 g/mol. The molecule has 1 aromatic carbocycles. The summed E-state index contributed by atoms with van der Waals surface area (Å²) < 4.78 is 14.7. The lowest BCUT2D eigenvalue weighted by Crippen LogP contribution is -1.99. The van der Waals surface area contributed by atoms with Crippen LogP contribution in [0.1, 0.15) is 19.4 Å². The number of nitrogens with zero attached hydrogens (tertiary/aromatic N) is 1. The maximum atomic E-state index is 13.9. The normalized spacial score (nSPS) is 11.2. The fourth-order valence-corrected chi connectivity index (χ4v) is 2.24. The second-order valence-corrected chi connectivity index (χ2v) is 5.60. The maximum Gasteiger partial charge on any atom is 0.149 e. The quantitative estimate of drug-likeness (QED) is 0.906. The van der Waals surface area contributed by atoms with Crippen LogP contribution in [0.15, 0.2) is 22.7 Å². The standard InChI is InChI=1S/C13H15BrFN3/c1-7(2)5-10-12(17-18-13(10)16)9-4-3-8(14)6-11(9)15/h3-4,6-7H,5H2,1-2H3,(H3,16,17,18). The number of halogens is 2. The van der Waals surface area contributed by atoms with Gasteiger partial charge in [-0.05, 0) is 30.5 Å². The van der Waals surface area contributed by atoms with Crippen LogP contribution in [0, 0.1) is 11.7 Å². The van der Waals surface area contributed by atoms with E-state index in [1.165, 1.54) is 6.07 Å². The Morgan fingerprint density at radius 3 is 2.78 bits per heavy atom. The molecule has 0 aliphatic carbocycles. The lowest BCUT2D eigenvalue weighted by Gasteiger charge is -2.08. The highest BCUT2D eigenvalue weighted by Crippen LogP contribution is 2.30. The number of rotatable bonds is 3. The summed E-state index contributed by atoms with van der Waals surface area (Å²) in [7, 11) is 0. The van der Waals surface area contributed by atoms with Gasteiger partial charge in [0.1, 0.15) is 11.6 Å². The van der Waals surface area contributed by atoms with Crippen LogP contribution >= 0.6 is 15.9 Å². The van der Waals surface area contributed by atoms with Gasteiger partial charge in [0.2, 0.25) is 0 Å². The average Bonchev–Trinajstić information content (AvgIpc) is 2.60. The molecule has 0 bridgehead atoms. The third-order valence-corrected chi connectivity index (χ3v) is 3.21. The molecule has 0 saturated heterocycles. The van der Waals surface area contributed by atoms with Gasteiger partial charge in [-0.2, -0.15) is 5.10 Å². The number of nitrogens with two attached hydrogens (primary N) is 1. The van der Waals surface area contributed by atoms with Crippen molar-refractivity contribution in [2.75, 3.05) is 5.73 Å². The van der Waals surface area contributed by atoms with Crippen LogP contribution in [0.3, 0.4) is 0 Å². The minimum absolute atomic E-state index is 0.293. The van der Waals surface area contributed by atoms with Gasteiger partial charge >= 0.3 is 0 Å². The average molecular weight is 312 g/mol. The summed E-state index contributed by atoms with van der Waals surface area (Å²) in [5.74, 6) is 0.584. The number of nitrogens with one attached hydrogen (secondary N) is 1. The predicted molar refractivity (Wildman–Crippen MR) is 74.6 cm³/mol. The van der Waals surface area contributed by atoms with Gasteiger partial charge in [-0.3, -0.25) is 5.10 Å². The van der Waals surface area contributed by atoms with Crippen molar-refractivity contribution in [1.82, 2.24) is 10.2 Å². The Hall–Kier alpha value is -1.36. The molecule has 0 radical (unpaired) electrons. The molecule has 0 unspecified atom stereocenters. The molecule has 0 fully saturated rings. The molecule has 96 valence electrons. The first kappa shape index (κ1) is 13.1. The first-order valence-electron chi connectivity index (χ1n) is 5.77. The molecule has 3 N–H and O–H groups in total. The molecule has 0 aliphatic rings. The van der Waals surface area contributed by atoms with E-state index in [1.807, 2.05) is 0 Å². The number of H-pyrrole nitrogens is 1. The van der Waals surface area contributed by atoms with Crippen LogP contribution in [-0.2, 0) is 6.42 Å². The first-order valence-corrected chi connectivity index (χ1v) is 6.56. The molecule has 3 nitrogen and oxygen atoms in total. The highest BCUT2D eigenvalue weighted by atomic mass is 79.9. The fourth-order valence-electron chi connectivity index (χ4n) is 1.91. The molecule has 0 saturated carbocycles. The zero-order valence-electron chi connectivity index (χ0n) is 10.3. The highest BCUT2D eigenvalue weighted by molar-refractivity contribution is 9.10. The zero-order valence-corrected chi connectivity index (χ0v) is 11.9. The number of hydrogen-bond acceptors (Lipinski definition) is 2. The summed E-state index contributed by atoms with van der Waals surface area (Å²) in [6.45, 7) is 4.18. The molecule has 2 aromatic rings. The van der Waals surface area contributed by atoms with Gasteiger partial charge in [0.15, 0.2) is 0 Å². The minimum atomic E-state index is -0.293. The van der Waals surface area contributed by atoms with E-state index in [1.54, 1.807) is 12.1 Å². The lowest BCUT2D eigenvalue weighted by molar-refractivity contribution is 0.627. The Bertz CT molecular complexity index is 563. The molecule has 0 aliphatic heterocycles. The Kier molecular flexibility index (Phi) is 3.71. The van der Waals surface area contributed by atoms with E-state index in [0.717, 1.165) is 12.0 Å². The van der Waals surface area contributed by atoms with Gasteiger partial charge in [0.25, 0.3) is 0 Å². The van der Waals surface area contributed by atoms with Crippen LogP contribution < -0.4 is 5.73 Å². The molecular formula is C13H15BrFN3. The number of anilines is 1. The van der Waals surface area contributed by atoms with Gasteiger partial charge in [-0.1, -0.05) is 29.8 Å². The minimum Gasteiger partial charge on any atom is -0.382 e. The summed E-state index contributed by atoms with van der Waals surface area (Å²) in [6.07, 6.45) is 0.771. The lowest BCUT2D eigenvalue weighted by atomic mass is 9.99. The summed E-state index contributed by atoms with van der Waals surface area (Å²) in [5, 5.41) is 6.81. The van der Waals surface area contributed by atoms with E-state index >= 15 is 0 Å². The largest absolute Gasteiger partial charge is 0.382 e. The number of hydrogen-bond donors (Lipinski definition) is 2. The summed E-state index contributed by atoms with van der Waals surface area (Å²) in [6, 6.07) is 4.95. The van der Waals surface area contributed by atoms with E-state index in [4.69, 9.17) is 5.73 Å². The number of benzene rings is 1. The summed E-state index contributed by atoms with van der Waals surface area (Å²) in [5.41, 5.74) is 7.88. The third-order valence-electron chi connectivity index (χ3n) is 2.71. The van der Waals surface area contributed by atoms with Crippen molar-refractivity contribution in [2.24, 2.45) is 5.92 Å². The SMILES string of the molecule is CC(C)Cc1c(N)n[nH]c1-c1ccc(Br)cc1F. The van der Waals surface area contributed by atoms with Crippen molar-refractivity contribution < 1.29 is 4.39 Å². The van der Waals surface area contributed by atoms with E-state index in [9.17, 15) is 4.39 Å². The van der Waals surface area contributed by atoms with E-state index < -0.39 is 0 Å². The van der Waals surface area contributed by atoms with Crippen molar-refractivity contribution in [2.45, 2.75) is 20.3 Å². The smallest absolute Gasteiger partial charge is 0.149 e. The number of aromatic nitrogens is 2. The van der Waals surface area contributed by atoms with Crippen LogP contribution in [0.4, 0.5) is 10.2 Å². The second-order valence-electron chi connectivity index (χ2n) is 4.68. The Morgan fingerprint density at radius 2 is 2.17 bits per heavy atom. The van der Waals surface area contributed by atoms with E-state index in [-0.39, 0.29) is 5.82 Å². The van der Waals surface area contributed by atoms with E-state index in [0.29, 0.717) is 27.5 Å². The highest BCUT2D eigenvalue weighted by Gasteiger charge is 2.16. The topological polar surface area (TPSA) is 54.7 Å². The maximum absolute atomic E-state index is 13.9. The number of aromatic amines is 1. The van der Waals surface area contributed by atoms with Crippen molar-refractivity contribution in [3.8, 4) is 11.3 Å². The molecule has 5 heteroatoms. The predicted octanol–water partition coefficient (Wildman–Crippen LogP) is 3.76. The van der Waals surface area contributed by atoms with Crippen molar-refractivity contribution >= 4 is 21.7 Å². The molecule has 0 atom stereocenters. The van der Waals surface area contributed by atoms with Crippen LogP contribution in [0.2, 0.25) is 0 Å². The fraction of sp³-hybridized carbons (Fsp3) is 0.308. The molecule has 18 heavy (non-hydrogen) atoms. The second kappa shape index (κ2) is 5.10. The molecule has 0 spiro atoms. The van der Waals surface area contributed by atoms with Crippen molar-refractivity contribution in [3.63, 3.8) is 0 Å². The van der Waals surface area contributed by atoms with Crippen LogP contribution in [-0.4, -0.2) is 10.2 Å². The van der Waals surface area contributed by atoms with Crippen LogP contribution in [0.25, 0.3) is 11.3 Å². The number of nitrogen functional groups attached to an aromatic ring is 1. The van der Waals surface area contributed by atoms with Gasteiger partial charge in [0.05, 0.1) is 5.69 Å². The van der Waals surface area contributed by atoms with Gasteiger partial charge in [-0.25, -0.2) is 4.39 Å².